The summed E-state index contributed by atoms with van der Waals surface area (Å²) in [6.45, 7) is 0.116. The fourth-order valence-electron chi connectivity index (χ4n) is 21.0. The molecule has 1 aromatic rings. The van der Waals surface area contributed by atoms with Crippen LogP contribution in [0.5, 0.6) is 0 Å². The summed E-state index contributed by atoms with van der Waals surface area (Å²) in [6.07, 6.45) is 1.68. The standard InChI is InChI=1S/C19H20NO2.C5H5.Fe/c1-14(15-7-5-6-8-15)19-12-11-18(21)20(19)17(13-22-19)16-9-3-2-4-10-16;1-2-4-5-3-1;/h2-10,14,17H,11-13H2,1H3;1-5H;/t14?,17-,19+;;/m0../s1. The third-order valence-electron chi connectivity index (χ3n) is 19.5. The van der Waals surface area contributed by atoms with E-state index in [0.29, 0.717) is 24.9 Å². The number of fused-ring (bicyclic) bond motifs is 11. The van der Waals surface area contributed by atoms with Crippen molar-refractivity contribution in [3.63, 3.8) is 0 Å². The van der Waals surface area contributed by atoms with E-state index in [1.807, 2.05) is 0 Å². The summed E-state index contributed by atoms with van der Waals surface area (Å²) in [6, 6.07) is 10.9. The Morgan fingerprint density at radius 1 is 1.04 bits per heavy atom. The third kappa shape index (κ3) is 0.214. The summed E-state index contributed by atoms with van der Waals surface area (Å²) >= 11 is 0. The number of hydrogen-bond donors (Lipinski definition) is 0. The number of benzene rings is 1. The molecule has 0 saturated carbocycles. The molecular formula is C24H25FeNO2. The van der Waals surface area contributed by atoms with Gasteiger partial charge >= 0.3 is 154 Å². The third-order valence-corrected chi connectivity index (χ3v) is 62.3. The van der Waals surface area contributed by atoms with Gasteiger partial charge in [-0.25, -0.2) is 0 Å². The van der Waals surface area contributed by atoms with Gasteiger partial charge in [0.25, 0.3) is 0 Å². The van der Waals surface area contributed by atoms with Gasteiger partial charge < -0.3 is 0 Å². The van der Waals surface area contributed by atoms with Crippen LogP contribution in [-0.4, -0.2) is 23.1 Å². The summed E-state index contributed by atoms with van der Waals surface area (Å²) in [5.41, 5.74) is 1.02. The molecule has 4 heteroatoms. The summed E-state index contributed by atoms with van der Waals surface area (Å²) in [5.74, 6) is 0.999. The van der Waals surface area contributed by atoms with E-state index in [1.165, 1.54) is 48.9 Å². The Morgan fingerprint density at radius 3 is 2.21 bits per heavy atom. The number of carbonyl (C=O) groups excluding carboxylic acids is 1. The van der Waals surface area contributed by atoms with Crippen molar-refractivity contribution in [3.8, 4) is 0 Å². The van der Waals surface area contributed by atoms with Gasteiger partial charge in [0.05, 0.1) is 0 Å². The molecule has 0 N–H and O–H groups in total. The van der Waals surface area contributed by atoms with Crippen molar-refractivity contribution in [1.29, 1.82) is 0 Å². The summed E-state index contributed by atoms with van der Waals surface area (Å²) < 4.78 is 7.64. The zero-order valence-electron chi connectivity index (χ0n) is 16.0. The number of amides is 1. The molecule has 1 spiro atoms. The van der Waals surface area contributed by atoms with Gasteiger partial charge in [0.15, 0.2) is 0 Å². The molecule has 0 aromatic heterocycles. The zero-order valence-corrected chi connectivity index (χ0v) is 17.1. The Kier molecular flexibility index (Phi) is 0.625. The minimum absolute atomic E-state index is 0.145. The van der Waals surface area contributed by atoms with E-state index < -0.39 is 6.51 Å². The van der Waals surface area contributed by atoms with Crippen LogP contribution in [0.15, 0.2) is 30.3 Å². The number of ether oxygens (including phenoxy) is 1. The predicted octanol–water partition coefficient (Wildman–Crippen LogP) is 5.47. The predicted molar refractivity (Wildman–Crippen MR) is 99.6 cm³/mol. The van der Waals surface area contributed by atoms with Gasteiger partial charge in [-0.1, -0.05) is 0 Å². The van der Waals surface area contributed by atoms with Crippen LogP contribution in [0.2, 0.25) is 47.7 Å². The van der Waals surface area contributed by atoms with E-state index in [0.717, 1.165) is 10.7 Å². The van der Waals surface area contributed by atoms with E-state index in [2.05, 4.69) is 42.2 Å². The van der Waals surface area contributed by atoms with Crippen LogP contribution >= 0.6 is 0 Å². The Morgan fingerprint density at radius 2 is 1.68 bits per heavy atom. The van der Waals surface area contributed by atoms with Crippen LogP contribution in [0.4, 0.5) is 0 Å². The Hall–Kier alpha value is -0.831. The number of carbonyl (C=O) groups is 1. The van der Waals surface area contributed by atoms with Crippen LogP contribution in [0.3, 0.4) is 0 Å². The quantitative estimate of drug-likeness (QED) is 0.613. The van der Waals surface area contributed by atoms with Crippen molar-refractivity contribution < 1.29 is 16.0 Å². The average molecular weight is 415 g/mol. The Balaban J connectivity index is 1.07. The second-order valence-electron chi connectivity index (χ2n) is 14.8. The molecule has 5 unspecified atom stereocenters. The number of nitrogens with zero attached hydrogens (tertiary/aromatic N) is 1. The van der Waals surface area contributed by atoms with Crippen LogP contribution in [0, 0.1) is 5.92 Å². The second kappa shape index (κ2) is 1.44. The van der Waals surface area contributed by atoms with Crippen molar-refractivity contribution in [2.24, 2.45) is 5.92 Å². The molecular weight excluding hydrogens is 390 g/mol. The molecule has 28 heavy (non-hydrogen) atoms. The number of hydrogen-bond acceptors (Lipinski definition) is 2. The zero-order chi connectivity index (χ0) is 17.8. The first-order valence-electron chi connectivity index (χ1n) is 11.6. The first-order valence-corrected chi connectivity index (χ1v) is 17.9. The molecule has 12 aliphatic heterocycles. The molecule has 12 heterocycles. The molecule has 12 fully saturated rings. The topological polar surface area (TPSA) is 29.5 Å². The van der Waals surface area contributed by atoms with Crippen molar-refractivity contribution in [2.45, 2.75) is 79.2 Å². The van der Waals surface area contributed by atoms with Gasteiger partial charge in [0.1, 0.15) is 0 Å². The van der Waals surface area contributed by atoms with Gasteiger partial charge in [-0.15, -0.1) is 0 Å². The number of rotatable bonds is 3. The molecule has 1 aromatic carbocycles. The Labute approximate surface area is 154 Å². The van der Waals surface area contributed by atoms with Crippen molar-refractivity contribution in [3.05, 3.63) is 35.9 Å². The van der Waals surface area contributed by atoms with Crippen LogP contribution in [0.25, 0.3) is 0 Å². The van der Waals surface area contributed by atoms with Crippen LogP contribution in [-0.2, 0) is 16.0 Å². The second-order valence-corrected chi connectivity index (χ2v) is 38.4. The van der Waals surface area contributed by atoms with Gasteiger partial charge in [0, 0.05) is 0 Å². The van der Waals surface area contributed by atoms with Gasteiger partial charge in [-0.3, -0.25) is 0 Å². The summed E-state index contributed by atoms with van der Waals surface area (Å²) in [5, 5.41) is 0. The van der Waals surface area contributed by atoms with E-state index >= 15 is 0 Å². The van der Waals surface area contributed by atoms with Crippen molar-refractivity contribution in [2.75, 3.05) is 6.61 Å². The molecule has 13 rings (SSSR count). The van der Waals surface area contributed by atoms with E-state index in [9.17, 15) is 4.79 Å². The van der Waals surface area contributed by atoms with E-state index in [1.54, 1.807) is 0 Å². The van der Waals surface area contributed by atoms with Crippen molar-refractivity contribution in [1.82, 2.24) is 4.90 Å². The van der Waals surface area contributed by atoms with Crippen LogP contribution in [0.1, 0.15) is 31.4 Å². The monoisotopic (exact) mass is 415 g/mol. The average Bonchev–Trinajstić information content (AvgIpc) is 3.59. The molecule has 7 atom stereocenters. The molecule has 1 amide bonds. The maximum atomic E-state index is 13.2. The Bertz CT molecular complexity index is 1440. The normalized spacial score (nSPS) is 91.0. The molecule has 3 nitrogen and oxygen atoms in total. The SMILES string of the molecule is CC([C]12[CH]3[CH]4[CH]5[CH]1[Fe]45321678[CH]2[CH]1[CH]6[CH]7[CH]28)[C@]12CCC(=O)N1[C@H](c1ccccc1)CO2. The fraction of sp³-hybridized carbons (Fsp3) is 0.708. The molecule has 12 aliphatic rings. The summed E-state index contributed by atoms with van der Waals surface area (Å²) in [4.78, 5) is 27.5. The maximum absolute atomic E-state index is 13.2. The van der Waals surface area contributed by atoms with Gasteiger partial charge in [-0.05, 0) is 0 Å². The molecule has 0 bridgehead atoms. The molecule has 12 saturated heterocycles. The van der Waals surface area contributed by atoms with Crippen LogP contribution < -0.4 is 0 Å². The van der Waals surface area contributed by atoms with Crippen molar-refractivity contribution >= 4 is 5.91 Å². The first-order chi connectivity index (χ1) is 13.4. The minimum atomic E-state index is -3.20. The first kappa shape index (κ1) is 12.1. The van der Waals surface area contributed by atoms with Gasteiger partial charge in [0.2, 0.25) is 0 Å². The fourth-order valence-corrected chi connectivity index (χ4v) is 96.8. The van der Waals surface area contributed by atoms with E-state index in [-0.39, 0.29) is 11.8 Å². The molecule has 146 valence electrons. The molecule has 0 aliphatic carbocycles. The summed E-state index contributed by atoms with van der Waals surface area (Å²) in [7, 11) is 0. The van der Waals surface area contributed by atoms with E-state index in [4.69, 9.17) is 4.74 Å². The van der Waals surface area contributed by atoms with Gasteiger partial charge in [-0.2, -0.15) is 0 Å². The molecule has 0 radical (unpaired) electrons.